The van der Waals surface area contributed by atoms with E-state index in [1.165, 1.54) is 6.07 Å². The Morgan fingerprint density at radius 3 is 2.45 bits per heavy atom. The molecule has 3 aromatic carbocycles. The fourth-order valence-electron chi connectivity index (χ4n) is 5.23. The van der Waals surface area contributed by atoms with E-state index in [1.54, 1.807) is 24.1 Å². The molecule has 0 spiro atoms. The van der Waals surface area contributed by atoms with Gasteiger partial charge in [-0.1, -0.05) is 54.6 Å². The summed E-state index contributed by atoms with van der Waals surface area (Å²) in [5, 5.41) is 2.99. The lowest BCUT2D eigenvalue weighted by molar-refractivity contribution is -0.134. The molecule has 3 atom stereocenters. The van der Waals surface area contributed by atoms with Gasteiger partial charge < -0.3 is 19.7 Å². The first-order chi connectivity index (χ1) is 19.2. The normalized spacial score (nSPS) is 20.8. The first-order valence-corrected chi connectivity index (χ1v) is 15.1. The van der Waals surface area contributed by atoms with Crippen LogP contribution in [-0.4, -0.2) is 63.3 Å². The lowest BCUT2D eigenvalue weighted by atomic mass is 9.94. The molecular weight excluding hydrogens is 530 g/mol. The molecule has 2 heterocycles. The minimum Gasteiger partial charge on any atom is -0.490 e. The van der Waals surface area contributed by atoms with E-state index in [4.69, 9.17) is 9.47 Å². The third kappa shape index (κ3) is 6.63. The maximum Gasteiger partial charge on any atom is 0.257 e. The van der Waals surface area contributed by atoms with Gasteiger partial charge in [0.15, 0.2) is 0 Å². The van der Waals surface area contributed by atoms with Crippen molar-refractivity contribution in [2.24, 2.45) is 0 Å². The summed E-state index contributed by atoms with van der Waals surface area (Å²) in [6, 6.07) is 22.7. The zero-order chi connectivity index (χ0) is 28.3. The van der Waals surface area contributed by atoms with Crippen molar-refractivity contribution in [3.05, 3.63) is 83.9 Å². The number of amides is 2. The van der Waals surface area contributed by atoms with Crippen LogP contribution >= 0.6 is 0 Å². The number of hydrogen-bond acceptors (Lipinski definition) is 6. The summed E-state index contributed by atoms with van der Waals surface area (Å²) in [5.74, 6) is -0.0148. The van der Waals surface area contributed by atoms with Crippen molar-refractivity contribution in [3.8, 4) is 16.9 Å². The average Bonchev–Trinajstić information content (AvgIpc) is 2.94. The molecule has 40 heavy (non-hydrogen) atoms. The molecule has 210 valence electrons. The second kappa shape index (κ2) is 11.7. The van der Waals surface area contributed by atoms with E-state index < -0.39 is 16.1 Å². The highest BCUT2D eigenvalue weighted by Crippen LogP contribution is 2.32. The number of nitrogens with one attached hydrogen (secondary N) is 2. The minimum absolute atomic E-state index is 0.0944. The van der Waals surface area contributed by atoms with Gasteiger partial charge in [-0.05, 0) is 47.7 Å². The largest absolute Gasteiger partial charge is 0.490 e. The molecule has 0 saturated carbocycles. The van der Waals surface area contributed by atoms with Crippen molar-refractivity contribution in [2.75, 3.05) is 24.6 Å². The Morgan fingerprint density at radius 2 is 1.73 bits per heavy atom. The second-order valence-corrected chi connectivity index (χ2v) is 12.0. The molecule has 0 bridgehead atoms. The summed E-state index contributed by atoms with van der Waals surface area (Å²) < 4.78 is 37.9. The van der Waals surface area contributed by atoms with Gasteiger partial charge in [0.25, 0.3) is 5.91 Å². The average molecular weight is 564 g/mol. The van der Waals surface area contributed by atoms with Crippen LogP contribution in [0.25, 0.3) is 11.1 Å². The van der Waals surface area contributed by atoms with Crippen LogP contribution in [0.4, 0.5) is 5.69 Å². The first kappa shape index (κ1) is 27.7. The van der Waals surface area contributed by atoms with Crippen LogP contribution in [0.3, 0.4) is 0 Å². The second-order valence-electron chi connectivity index (χ2n) is 10.3. The number of likely N-dealkylation sites (N-methyl/N-ethyl adjacent to an activating group) is 1. The number of anilines is 1. The van der Waals surface area contributed by atoms with E-state index >= 15 is 0 Å². The molecule has 0 unspecified atom stereocenters. The van der Waals surface area contributed by atoms with Crippen molar-refractivity contribution in [1.82, 2.24) is 10.2 Å². The van der Waals surface area contributed by atoms with Crippen LogP contribution in [0.15, 0.2) is 72.8 Å². The van der Waals surface area contributed by atoms with Crippen LogP contribution < -0.4 is 14.8 Å². The van der Waals surface area contributed by atoms with Crippen molar-refractivity contribution in [1.29, 1.82) is 0 Å². The number of sulfonamides is 1. The molecule has 3 aromatic rings. The zero-order valence-corrected chi connectivity index (χ0v) is 23.3. The van der Waals surface area contributed by atoms with Crippen LogP contribution in [0.5, 0.6) is 5.75 Å². The Balaban J connectivity index is 1.17. The zero-order valence-electron chi connectivity index (χ0n) is 22.5. The summed E-state index contributed by atoms with van der Waals surface area (Å²) in [5.41, 5.74) is 3.86. The van der Waals surface area contributed by atoms with Gasteiger partial charge in [0.2, 0.25) is 15.9 Å². The van der Waals surface area contributed by atoms with E-state index in [0.717, 1.165) is 22.9 Å². The Morgan fingerprint density at radius 1 is 1.00 bits per heavy atom. The SMILES string of the molecule is CN1C(=O)c2cc(NS(C)(=O)=O)ccc2OC[C@H]2O[C@H](CC(=O)NCc3ccc(-c4ccccc4)cc3)CC[C@H]21. The lowest BCUT2D eigenvalue weighted by Crippen LogP contribution is -2.53. The summed E-state index contributed by atoms with van der Waals surface area (Å²) >= 11 is 0. The fourth-order valence-corrected chi connectivity index (χ4v) is 5.79. The number of carbonyl (C=O) groups is 2. The molecule has 5 rings (SSSR count). The van der Waals surface area contributed by atoms with Crippen molar-refractivity contribution in [3.63, 3.8) is 0 Å². The molecule has 9 nitrogen and oxygen atoms in total. The third-order valence-corrected chi connectivity index (χ3v) is 7.89. The minimum atomic E-state index is -3.49. The predicted molar refractivity (Wildman–Crippen MR) is 153 cm³/mol. The van der Waals surface area contributed by atoms with E-state index in [1.807, 2.05) is 30.3 Å². The van der Waals surface area contributed by atoms with E-state index in [2.05, 4.69) is 34.3 Å². The Kier molecular flexibility index (Phi) is 8.09. The molecule has 2 N–H and O–H groups in total. The highest BCUT2D eigenvalue weighted by atomic mass is 32.2. The van der Waals surface area contributed by atoms with Gasteiger partial charge >= 0.3 is 0 Å². The van der Waals surface area contributed by atoms with Crippen molar-refractivity contribution in [2.45, 2.75) is 44.1 Å². The number of hydrogen-bond donors (Lipinski definition) is 2. The van der Waals surface area contributed by atoms with Gasteiger partial charge in [-0.15, -0.1) is 0 Å². The summed E-state index contributed by atoms with van der Waals surface area (Å²) in [7, 11) is -1.77. The smallest absolute Gasteiger partial charge is 0.257 e. The molecule has 1 fully saturated rings. The van der Waals surface area contributed by atoms with Gasteiger partial charge in [-0.25, -0.2) is 8.42 Å². The van der Waals surface area contributed by atoms with Crippen LogP contribution in [0, 0.1) is 0 Å². The number of fused-ring (bicyclic) bond motifs is 2. The molecule has 2 amide bonds. The molecular formula is C30H33N3O6S. The molecule has 1 saturated heterocycles. The van der Waals surface area contributed by atoms with Gasteiger partial charge in [0.05, 0.1) is 30.4 Å². The van der Waals surface area contributed by atoms with Gasteiger partial charge in [-0.3, -0.25) is 14.3 Å². The van der Waals surface area contributed by atoms with E-state index in [9.17, 15) is 18.0 Å². The van der Waals surface area contributed by atoms with E-state index in [0.29, 0.717) is 30.8 Å². The maximum absolute atomic E-state index is 13.3. The monoisotopic (exact) mass is 563 g/mol. The maximum atomic E-state index is 13.3. The summed E-state index contributed by atoms with van der Waals surface area (Å²) in [6.07, 6.45) is 1.88. The van der Waals surface area contributed by atoms with Crippen molar-refractivity contribution < 1.29 is 27.5 Å². The van der Waals surface area contributed by atoms with Gasteiger partial charge in [-0.2, -0.15) is 0 Å². The molecule has 0 radical (unpaired) electrons. The number of nitrogens with zero attached hydrogens (tertiary/aromatic N) is 1. The number of carbonyl (C=O) groups excluding carboxylic acids is 2. The molecule has 0 aliphatic carbocycles. The van der Waals surface area contributed by atoms with Crippen LogP contribution in [0.2, 0.25) is 0 Å². The van der Waals surface area contributed by atoms with Crippen molar-refractivity contribution >= 4 is 27.5 Å². The number of benzene rings is 3. The molecule has 2 aliphatic heterocycles. The predicted octanol–water partition coefficient (Wildman–Crippen LogP) is 3.81. The summed E-state index contributed by atoms with van der Waals surface area (Å²) in [6.45, 7) is 0.639. The molecule has 10 heteroatoms. The Bertz CT molecular complexity index is 1480. The van der Waals surface area contributed by atoms with Crippen LogP contribution in [0.1, 0.15) is 35.2 Å². The molecule has 0 aromatic heterocycles. The number of ether oxygens (including phenoxy) is 2. The van der Waals surface area contributed by atoms with Crippen LogP contribution in [-0.2, 0) is 26.1 Å². The summed E-state index contributed by atoms with van der Waals surface area (Å²) in [4.78, 5) is 27.7. The lowest BCUT2D eigenvalue weighted by Gasteiger charge is -2.42. The quantitative estimate of drug-likeness (QED) is 0.452. The highest BCUT2D eigenvalue weighted by molar-refractivity contribution is 7.92. The fraction of sp³-hybridized carbons (Fsp3) is 0.333. The first-order valence-electron chi connectivity index (χ1n) is 13.2. The number of rotatable bonds is 7. The Hall–Kier alpha value is -3.89. The van der Waals surface area contributed by atoms with Gasteiger partial charge in [0.1, 0.15) is 18.5 Å². The topological polar surface area (TPSA) is 114 Å². The van der Waals surface area contributed by atoms with Gasteiger partial charge in [0, 0.05) is 19.3 Å². The molecule has 2 aliphatic rings. The third-order valence-electron chi connectivity index (χ3n) is 7.28. The Labute approximate surface area is 234 Å². The standard InChI is InChI=1S/C30H33N3O6S/c1-33-26-14-13-24(17-29(34)31-18-20-8-10-22(11-9-20)21-6-4-3-5-7-21)39-28(26)19-38-27-15-12-23(32-40(2,36)37)16-25(27)30(33)35/h3-12,15-16,24,26,28,32H,13-14,17-19H2,1-2H3,(H,31,34)/t24-,26+,28+/m0/s1. The van der Waals surface area contributed by atoms with E-state index in [-0.39, 0.29) is 42.6 Å². The highest BCUT2D eigenvalue weighted by Gasteiger charge is 2.39.